The number of epoxide rings is 1. The number of nitrogens with one attached hydrogen (secondary N) is 1. The van der Waals surface area contributed by atoms with Crippen LogP contribution in [0.3, 0.4) is 0 Å². The Balaban J connectivity index is 1.26. The highest BCUT2D eigenvalue weighted by Gasteiger charge is 2.67. The number of anilines is 1. The van der Waals surface area contributed by atoms with Crippen LogP contribution in [0.2, 0.25) is 0 Å². The first kappa shape index (κ1) is 14.8. The third-order valence-electron chi connectivity index (χ3n) is 6.84. The van der Waals surface area contributed by atoms with E-state index >= 15 is 0 Å². The van der Waals surface area contributed by atoms with E-state index in [4.69, 9.17) is 9.47 Å². The van der Waals surface area contributed by atoms with Crippen molar-refractivity contribution in [2.45, 2.75) is 58.3 Å². The Kier molecular flexibility index (Phi) is 3.06. The van der Waals surface area contributed by atoms with E-state index in [2.05, 4.69) is 24.4 Å². The zero-order valence-corrected chi connectivity index (χ0v) is 14.5. The molecule has 1 amide bonds. The minimum Gasteiger partial charge on any atom is -0.446 e. The van der Waals surface area contributed by atoms with Crippen LogP contribution in [0.25, 0.3) is 0 Å². The van der Waals surface area contributed by atoms with Crippen LogP contribution < -0.4 is 5.32 Å². The predicted octanol–water partition coefficient (Wildman–Crippen LogP) is 3.97. The molecule has 4 nitrogen and oxygen atoms in total. The maximum absolute atomic E-state index is 12.4. The maximum atomic E-state index is 12.4. The third-order valence-corrected chi connectivity index (χ3v) is 6.84. The number of benzene rings is 1. The van der Waals surface area contributed by atoms with Crippen molar-refractivity contribution in [2.24, 2.45) is 23.7 Å². The van der Waals surface area contributed by atoms with Gasteiger partial charge in [0.2, 0.25) is 0 Å². The molecule has 0 radical (unpaired) electrons. The fourth-order valence-corrected chi connectivity index (χ4v) is 6.05. The Morgan fingerprint density at radius 1 is 1.12 bits per heavy atom. The number of amides is 1. The van der Waals surface area contributed by atoms with Crippen molar-refractivity contribution in [3.05, 3.63) is 28.8 Å². The molecule has 0 aromatic heterocycles. The number of fused-ring (bicyclic) bond motifs is 7. The summed E-state index contributed by atoms with van der Waals surface area (Å²) in [7, 11) is 0. The van der Waals surface area contributed by atoms with Gasteiger partial charge in [-0.1, -0.05) is 17.7 Å². The zero-order valence-electron chi connectivity index (χ0n) is 14.5. The number of rotatable bonds is 2. The molecular weight excluding hydrogens is 302 g/mol. The Bertz CT molecular complexity index is 692. The number of ether oxygens (including phenoxy) is 2. The summed E-state index contributed by atoms with van der Waals surface area (Å²) in [6.07, 6.45) is 4.31. The van der Waals surface area contributed by atoms with E-state index in [9.17, 15) is 4.79 Å². The maximum Gasteiger partial charge on any atom is 0.411 e. The van der Waals surface area contributed by atoms with Crippen molar-refractivity contribution in [2.75, 3.05) is 5.32 Å². The first-order valence-corrected chi connectivity index (χ1v) is 9.22. The van der Waals surface area contributed by atoms with Crippen LogP contribution in [0.15, 0.2) is 12.1 Å². The minimum absolute atomic E-state index is 0.0970. The van der Waals surface area contributed by atoms with Crippen LogP contribution in [0.1, 0.15) is 36.0 Å². The molecule has 1 saturated heterocycles. The van der Waals surface area contributed by atoms with Gasteiger partial charge in [-0.25, -0.2) is 4.79 Å². The molecule has 0 spiro atoms. The van der Waals surface area contributed by atoms with Crippen molar-refractivity contribution in [1.29, 1.82) is 0 Å². The molecule has 1 aromatic rings. The van der Waals surface area contributed by atoms with Gasteiger partial charge >= 0.3 is 6.09 Å². The van der Waals surface area contributed by atoms with Gasteiger partial charge in [0.05, 0.1) is 12.2 Å². The SMILES string of the molecule is Cc1cc(C)c(NC(=O)OC2CC3CC2C2CC4OC4C32)c(C)c1. The quantitative estimate of drug-likeness (QED) is 0.836. The number of hydrogen-bond donors (Lipinski definition) is 1. The summed E-state index contributed by atoms with van der Waals surface area (Å²) in [5, 5.41) is 2.98. The van der Waals surface area contributed by atoms with Gasteiger partial charge < -0.3 is 9.47 Å². The monoisotopic (exact) mass is 327 g/mol. The largest absolute Gasteiger partial charge is 0.446 e. The topological polar surface area (TPSA) is 50.9 Å². The van der Waals surface area contributed by atoms with E-state index in [0.717, 1.165) is 35.1 Å². The summed E-state index contributed by atoms with van der Waals surface area (Å²) in [5.41, 5.74) is 4.28. The fraction of sp³-hybridized carbons (Fsp3) is 0.650. The molecule has 3 saturated carbocycles. The first-order chi connectivity index (χ1) is 11.5. The molecule has 2 bridgehead atoms. The normalized spacial score (nSPS) is 41.0. The van der Waals surface area contributed by atoms with Crippen molar-refractivity contribution in [3.63, 3.8) is 0 Å². The van der Waals surface area contributed by atoms with Crippen molar-refractivity contribution >= 4 is 11.8 Å². The standard InChI is InChI=1S/C20H25NO3/c1-9-4-10(2)18(11(3)5-9)21-20(22)24-15-7-12-6-13(15)14-8-16-19(23-16)17(12)14/h4-5,12-17,19H,6-8H2,1-3H3,(H,21,22). The van der Waals surface area contributed by atoms with Crippen LogP contribution in [0, 0.1) is 44.4 Å². The highest BCUT2D eigenvalue weighted by Crippen LogP contribution is 2.64. The van der Waals surface area contributed by atoms with Crippen LogP contribution in [-0.4, -0.2) is 24.4 Å². The van der Waals surface area contributed by atoms with Crippen LogP contribution >= 0.6 is 0 Å². The molecule has 4 heteroatoms. The average molecular weight is 327 g/mol. The molecule has 1 aromatic carbocycles. The van der Waals surface area contributed by atoms with Crippen molar-refractivity contribution in [3.8, 4) is 0 Å². The van der Waals surface area contributed by atoms with Gasteiger partial charge in [-0.15, -0.1) is 0 Å². The molecule has 1 heterocycles. The van der Waals surface area contributed by atoms with Crippen LogP contribution in [-0.2, 0) is 9.47 Å². The van der Waals surface area contributed by atoms with Gasteiger partial charge in [-0.05, 0) is 74.8 Å². The van der Waals surface area contributed by atoms with Crippen LogP contribution in [0.4, 0.5) is 10.5 Å². The summed E-state index contributed by atoms with van der Waals surface area (Å²) < 4.78 is 11.6. The molecule has 5 rings (SSSR count). The van der Waals surface area contributed by atoms with Gasteiger partial charge in [0.1, 0.15) is 6.10 Å². The highest BCUT2D eigenvalue weighted by atomic mass is 16.6. The molecule has 3 aliphatic carbocycles. The smallest absolute Gasteiger partial charge is 0.411 e. The molecular formula is C20H25NO3. The van der Waals surface area contributed by atoms with E-state index in [1.54, 1.807) is 0 Å². The van der Waals surface area contributed by atoms with Gasteiger partial charge in [0, 0.05) is 5.69 Å². The van der Waals surface area contributed by atoms with E-state index in [1.807, 2.05) is 13.8 Å². The van der Waals surface area contributed by atoms with E-state index < -0.39 is 0 Å². The number of aryl methyl sites for hydroxylation is 3. The van der Waals surface area contributed by atoms with Gasteiger partial charge in [-0.3, -0.25) is 5.32 Å². The number of carbonyl (C=O) groups excluding carboxylic acids is 1. The minimum atomic E-state index is -0.293. The fourth-order valence-electron chi connectivity index (χ4n) is 6.05. The van der Waals surface area contributed by atoms with E-state index in [-0.39, 0.29) is 12.2 Å². The molecule has 4 fully saturated rings. The lowest BCUT2D eigenvalue weighted by Gasteiger charge is -2.32. The van der Waals surface area contributed by atoms with Gasteiger partial charge in [0.15, 0.2) is 0 Å². The predicted molar refractivity (Wildman–Crippen MR) is 91.0 cm³/mol. The summed E-state index contributed by atoms with van der Waals surface area (Å²) in [6.45, 7) is 6.13. The summed E-state index contributed by atoms with van der Waals surface area (Å²) in [4.78, 5) is 12.4. The second-order valence-electron chi connectivity index (χ2n) is 8.35. The molecule has 4 aliphatic rings. The molecule has 7 unspecified atom stereocenters. The van der Waals surface area contributed by atoms with E-state index in [0.29, 0.717) is 24.0 Å². The van der Waals surface area contributed by atoms with Crippen LogP contribution in [0.5, 0.6) is 0 Å². The van der Waals surface area contributed by atoms with E-state index in [1.165, 1.54) is 18.4 Å². The zero-order chi connectivity index (χ0) is 16.6. The highest BCUT2D eigenvalue weighted by molar-refractivity contribution is 5.87. The van der Waals surface area contributed by atoms with Crippen molar-refractivity contribution < 1.29 is 14.3 Å². The average Bonchev–Trinajstić information content (AvgIpc) is 2.88. The second kappa shape index (κ2) is 4.98. The Morgan fingerprint density at radius 2 is 1.88 bits per heavy atom. The first-order valence-electron chi connectivity index (χ1n) is 9.22. The second-order valence-corrected chi connectivity index (χ2v) is 8.35. The molecule has 128 valence electrons. The molecule has 24 heavy (non-hydrogen) atoms. The lowest BCUT2D eigenvalue weighted by Crippen LogP contribution is -2.35. The Hall–Kier alpha value is -1.55. The molecule has 1 N–H and O–H groups in total. The number of hydrogen-bond acceptors (Lipinski definition) is 3. The summed E-state index contributed by atoms with van der Waals surface area (Å²) in [5.74, 6) is 2.75. The Labute approximate surface area is 142 Å². The molecule has 7 atom stereocenters. The summed E-state index contributed by atoms with van der Waals surface area (Å²) in [6, 6.07) is 4.19. The lowest BCUT2D eigenvalue weighted by atomic mass is 9.79. The Morgan fingerprint density at radius 3 is 2.62 bits per heavy atom. The lowest BCUT2D eigenvalue weighted by molar-refractivity contribution is 0.0251. The number of carbonyl (C=O) groups is 1. The summed E-state index contributed by atoms with van der Waals surface area (Å²) >= 11 is 0. The van der Waals surface area contributed by atoms with Gasteiger partial charge in [-0.2, -0.15) is 0 Å². The third kappa shape index (κ3) is 2.12. The molecule has 1 aliphatic heterocycles. The van der Waals surface area contributed by atoms with Gasteiger partial charge in [0.25, 0.3) is 0 Å². The van der Waals surface area contributed by atoms with Crippen molar-refractivity contribution in [1.82, 2.24) is 0 Å².